The van der Waals surface area contributed by atoms with Crippen LogP contribution in [0, 0.1) is 11.8 Å². The predicted octanol–water partition coefficient (Wildman–Crippen LogP) is 1.64. The van der Waals surface area contributed by atoms with Crippen molar-refractivity contribution >= 4 is 0 Å². The predicted molar refractivity (Wildman–Crippen MR) is 57.2 cm³/mol. The number of nitrogens with zero attached hydrogens (tertiary/aromatic N) is 3. The van der Waals surface area contributed by atoms with Crippen LogP contribution >= 0.6 is 0 Å². The molecule has 3 unspecified atom stereocenters. The van der Waals surface area contributed by atoms with Crippen molar-refractivity contribution in [3.8, 4) is 0 Å². The monoisotopic (exact) mass is 209 g/mol. The number of aromatic nitrogens is 3. The average molecular weight is 209 g/mol. The van der Waals surface area contributed by atoms with Crippen LogP contribution in [0.5, 0.6) is 0 Å². The number of aliphatic hydroxyl groups is 1. The number of rotatable bonds is 2. The van der Waals surface area contributed by atoms with Crippen LogP contribution in [-0.2, 0) is 0 Å². The molecular formula is C11H19N3O. The Kier molecular flexibility index (Phi) is 3.05. The molecule has 0 aliphatic heterocycles. The molecule has 1 aliphatic carbocycles. The maximum Gasteiger partial charge on any atom is 0.137 e. The second kappa shape index (κ2) is 4.31. The molecule has 4 nitrogen and oxygen atoms in total. The van der Waals surface area contributed by atoms with Crippen LogP contribution in [0.3, 0.4) is 0 Å². The Balaban J connectivity index is 2.09. The Labute approximate surface area is 90.3 Å². The fourth-order valence-electron chi connectivity index (χ4n) is 2.44. The average Bonchev–Trinajstić information content (AvgIpc) is 2.71. The van der Waals surface area contributed by atoms with Crippen molar-refractivity contribution in [1.82, 2.24) is 14.8 Å². The molecule has 84 valence electrons. The van der Waals surface area contributed by atoms with E-state index in [2.05, 4.69) is 23.9 Å². The largest absolute Gasteiger partial charge is 0.391 e. The summed E-state index contributed by atoms with van der Waals surface area (Å²) in [6, 6.07) is 0.119. The zero-order valence-corrected chi connectivity index (χ0v) is 9.37. The first-order chi connectivity index (χ1) is 7.18. The highest BCUT2D eigenvalue weighted by Gasteiger charge is 2.32. The van der Waals surface area contributed by atoms with Crippen molar-refractivity contribution in [3.05, 3.63) is 12.7 Å². The minimum Gasteiger partial charge on any atom is -0.391 e. The second-order valence-electron chi connectivity index (χ2n) is 4.83. The van der Waals surface area contributed by atoms with Crippen LogP contribution in [0.15, 0.2) is 12.7 Å². The van der Waals surface area contributed by atoms with Gasteiger partial charge in [0.2, 0.25) is 0 Å². The van der Waals surface area contributed by atoms with Crippen molar-refractivity contribution < 1.29 is 5.11 Å². The summed E-state index contributed by atoms with van der Waals surface area (Å²) in [6.45, 7) is 4.50. The summed E-state index contributed by atoms with van der Waals surface area (Å²) in [4.78, 5) is 3.94. The van der Waals surface area contributed by atoms with E-state index < -0.39 is 0 Å². The van der Waals surface area contributed by atoms with Crippen LogP contribution in [-0.4, -0.2) is 26.0 Å². The van der Waals surface area contributed by atoms with Crippen molar-refractivity contribution in [2.24, 2.45) is 11.8 Å². The first-order valence-corrected chi connectivity index (χ1v) is 5.70. The Bertz CT molecular complexity index is 297. The minimum atomic E-state index is -0.262. The van der Waals surface area contributed by atoms with E-state index in [1.165, 1.54) is 6.33 Å². The van der Waals surface area contributed by atoms with Gasteiger partial charge in [0.1, 0.15) is 12.7 Å². The molecule has 0 saturated heterocycles. The molecule has 3 atom stereocenters. The van der Waals surface area contributed by atoms with Crippen molar-refractivity contribution in [1.29, 1.82) is 0 Å². The van der Waals surface area contributed by atoms with Gasteiger partial charge in [0.25, 0.3) is 0 Å². The molecule has 1 fully saturated rings. The molecule has 1 aliphatic rings. The normalized spacial score (nSPS) is 32.1. The minimum absolute atomic E-state index is 0.119. The third kappa shape index (κ3) is 2.20. The first-order valence-electron chi connectivity index (χ1n) is 5.70. The van der Waals surface area contributed by atoms with E-state index in [-0.39, 0.29) is 12.1 Å². The van der Waals surface area contributed by atoms with E-state index in [1.54, 1.807) is 11.0 Å². The van der Waals surface area contributed by atoms with Crippen molar-refractivity contribution in [2.75, 3.05) is 0 Å². The van der Waals surface area contributed by atoms with Gasteiger partial charge in [-0.05, 0) is 31.1 Å². The van der Waals surface area contributed by atoms with Crippen LogP contribution in [0.25, 0.3) is 0 Å². The summed E-state index contributed by atoms with van der Waals surface area (Å²) in [5.74, 6) is 1.38. The molecule has 1 saturated carbocycles. The molecule has 0 aromatic carbocycles. The SMILES string of the molecule is CC(C)C1CCC(O)C(n2cncn2)C1. The number of hydrogen-bond acceptors (Lipinski definition) is 3. The van der Waals surface area contributed by atoms with Crippen LogP contribution in [0.1, 0.15) is 39.2 Å². The van der Waals surface area contributed by atoms with Gasteiger partial charge in [-0.2, -0.15) is 5.10 Å². The molecule has 0 spiro atoms. The molecule has 1 aromatic rings. The van der Waals surface area contributed by atoms with Gasteiger partial charge in [-0.15, -0.1) is 0 Å². The summed E-state index contributed by atoms with van der Waals surface area (Å²) in [6.07, 6.45) is 6.00. The van der Waals surface area contributed by atoms with E-state index in [4.69, 9.17) is 0 Å². The Hall–Kier alpha value is -0.900. The summed E-state index contributed by atoms with van der Waals surface area (Å²) >= 11 is 0. The van der Waals surface area contributed by atoms with E-state index in [1.807, 2.05) is 0 Å². The lowest BCUT2D eigenvalue weighted by molar-refractivity contribution is 0.0381. The Morgan fingerprint density at radius 3 is 2.80 bits per heavy atom. The molecule has 1 N–H and O–H groups in total. The van der Waals surface area contributed by atoms with Gasteiger partial charge < -0.3 is 5.11 Å². The highest BCUT2D eigenvalue weighted by atomic mass is 16.3. The van der Waals surface area contributed by atoms with E-state index in [0.717, 1.165) is 19.3 Å². The third-order valence-electron chi connectivity index (χ3n) is 3.54. The summed E-state index contributed by atoms with van der Waals surface area (Å²) < 4.78 is 1.80. The summed E-state index contributed by atoms with van der Waals surface area (Å²) in [5, 5.41) is 14.1. The Morgan fingerprint density at radius 1 is 1.40 bits per heavy atom. The highest BCUT2D eigenvalue weighted by molar-refractivity contribution is 4.84. The quantitative estimate of drug-likeness (QED) is 0.805. The van der Waals surface area contributed by atoms with Gasteiger partial charge in [0.05, 0.1) is 12.1 Å². The molecule has 15 heavy (non-hydrogen) atoms. The fourth-order valence-corrected chi connectivity index (χ4v) is 2.44. The lowest BCUT2D eigenvalue weighted by atomic mass is 9.78. The van der Waals surface area contributed by atoms with Crippen molar-refractivity contribution in [2.45, 2.75) is 45.3 Å². The van der Waals surface area contributed by atoms with Crippen LogP contribution in [0.2, 0.25) is 0 Å². The molecular weight excluding hydrogens is 190 g/mol. The van der Waals surface area contributed by atoms with Crippen LogP contribution < -0.4 is 0 Å². The number of aliphatic hydroxyl groups excluding tert-OH is 1. The third-order valence-corrected chi connectivity index (χ3v) is 3.54. The second-order valence-corrected chi connectivity index (χ2v) is 4.83. The zero-order chi connectivity index (χ0) is 10.8. The van der Waals surface area contributed by atoms with Gasteiger partial charge in [0, 0.05) is 0 Å². The van der Waals surface area contributed by atoms with Crippen molar-refractivity contribution in [3.63, 3.8) is 0 Å². The standard InChI is InChI=1S/C11H19N3O/c1-8(2)9-3-4-11(15)10(5-9)14-7-12-6-13-14/h6-11,15H,3-5H2,1-2H3. The molecule has 2 rings (SSSR count). The maximum atomic E-state index is 9.95. The topological polar surface area (TPSA) is 50.9 Å². The van der Waals surface area contributed by atoms with Gasteiger partial charge >= 0.3 is 0 Å². The summed E-state index contributed by atoms with van der Waals surface area (Å²) in [7, 11) is 0. The smallest absolute Gasteiger partial charge is 0.137 e. The fraction of sp³-hybridized carbons (Fsp3) is 0.818. The Morgan fingerprint density at radius 2 is 2.20 bits per heavy atom. The lowest BCUT2D eigenvalue weighted by Gasteiger charge is -2.35. The molecule has 1 heterocycles. The molecule has 0 bridgehead atoms. The van der Waals surface area contributed by atoms with Crippen LogP contribution in [0.4, 0.5) is 0 Å². The molecule has 1 aromatic heterocycles. The zero-order valence-electron chi connectivity index (χ0n) is 9.37. The molecule has 0 amide bonds. The van der Waals surface area contributed by atoms with E-state index >= 15 is 0 Å². The van der Waals surface area contributed by atoms with Gasteiger partial charge in [0.15, 0.2) is 0 Å². The van der Waals surface area contributed by atoms with Gasteiger partial charge in [-0.3, -0.25) is 0 Å². The van der Waals surface area contributed by atoms with E-state index in [9.17, 15) is 5.11 Å². The molecule has 0 radical (unpaired) electrons. The first kappa shape index (κ1) is 10.6. The van der Waals surface area contributed by atoms with E-state index in [0.29, 0.717) is 11.8 Å². The maximum absolute atomic E-state index is 9.95. The van der Waals surface area contributed by atoms with Gasteiger partial charge in [-0.25, -0.2) is 9.67 Å². The van der Waals surface area contributed by atoms with Gasteiger partial charge in [-0.1, -0.05) is 13.8 Å². The number of hydrogen-bond donors (Lipinski definition) is 1. The highest BCUT2D eigenvalue weighted by Crippen LogP contribution is 2.35. The molecule has 4 heteroatoms. The lowest BCUT2D eigenvalue weighted by Crippen LogP contribution is -2.33. The summed E-state index contributed by atoms with van der Waals surface area (Å²) in [5.41, 5.74) is 0.